The summed E-state index contributed by atoms with van der Waals surface area (Å²) in [5, 5.41) is 8.93. The van der Waals surface area contributed by atoms with E-state index in [2.05, 4.69) is 38.3 Å². The van der Waals surface area contributed by atoms with Crippen molar-refractivity contribution in [2.45, 2.75) is 25.5 Å². The molecule has 1 fully saturated rings. The molecule has 0 spiro atoms. The standard InChI is InChI=1S/C18H20N4O/c1-2-17-16(5-8-19-17)18(3-1)23-15-6-10-22(11-7-15)13-14-4-9-20-21-12-14/h1-5,8-9,12,15,19H,6-7,10-11,13H2. The highest BCUT2D eigenvalue weighted by Crippen LogP contribution is 2.27. The first-order valence-corrected chi connectivity index (χ1v) is 8.09. The molecule has 1 saturated heterocycles. The molecule has 5 nitrogen and oxygen atoms in total. The maximum atomic E-state index is 6.26. The largest absolute Gasteiger partial charge is 0.490 e. The van der Waals surface area contributed by atoms with E-state index < -0.39 is 0 Å². The van der Waals surface area contributed by atoms with E-state index in [-0.39, 0.29) is 0 Å². The number of H-pyrrole nitrogens is 1. The normalized spacial score (nSPS) is 16.7. The van der Waals surface area contributed by atoms with Crippen LogP contribution in [0.3, 0.4) is 0 Å². The van der Waals surface area contributed by atoms with Gasteiger partial charge in [0.2, 0.25) is 0 Å². The second kappa shape index (κ2) is 6.38. The number of fused-ring (bicyclic) bond motifs is 1. The highest BCUT2D eigenvalue weighted by Gasteiger charge is 2.21. The Morgan fingerprint density at radius 1 is 1.13 bits per heavy atom. The maximum absolute atomic E-state index is 6.26. The number of aromatic nitrogens is 3. The third-order valence-electron chi connectivity index (χ3n) is 4.43. The molecule has 1 aliphatic heterocycles. The zero-order chi connectivity index (χ0) is 15.5. The lowest BCUT2D eigenvalue weighted by Crippen LogP contribution is -2.37. The van der Waals surface area contributed by atoms with E-state index in [1.54, 1.807) is 6.20 Å². The summed E-state index contributed by atoms with van der Waals surface area (Å²) >= 11 is 0. The molecule has 0 bridgehead atoms. The van der Waals surface area contributed by atoms with Crippen molar-refractivity contribution in [3.8, 4) is 5.75 Å². The Balaban J connectivity index is 1.36. The lowest BCUT2D eigenvalue weighted by atomic mass is 10.1. The van der Waals surface area contributed by atoms with Gasteiger partial charge in [0.05, 0.1) is 6.20 Å². The summed E-state index contributed by atoms with van der Waals surface area (Å²) < 4.78 is 6.26. The first-order chi connectivity index (χ1) is 11.4. The summed E-state index contributed by atoms with van der Waals surface area (Å²) in [6.07, 6.45) is 7.96. The van der Waals surface area contributed by atoms with E-state index in [9.17, 15) is 0 Å². The van der Waals surface area contributed by atoms with Gasteiger partial charge in [-0.2, -0.15) is 10.2 Å². The number of piperidine rings is 1. The van der Waals surface area contributed by atoms with E-state index in [4.69, 9.17) is 4.74 Å². The zero-order valence-corrected chi connectivity index (χ0v) is 13.0. The SMILES string of the molecule is c1cc(OC2CCN(Cc3ccnnc3)CC2)c2cc[nH]c2c1. The molecule has 1 aliphatic rings. The van der Waals surface area contributed by atoms with Crippen molar-refractivity contribution in [3.63, 3.8) is 0 Å². The minimum atomic E-state index is 0.294. The smallest absolute Gasteiger partial charge is 0.129 e. The van der Waals surface area contributed by atoms with E-state index >= 15 is 0 Å². The highest BCUT2D eigenvalue weighted by molar-refractivity contribution is 5.85. The van der Waals surface area contributed by atoms with Gasteiger partial charge in [-0.15, -0.1) is 0 Å². The van der Waals surface area contributed by atoms with Crippen LogP contribution in [0.15, 0.2) is 48.9 Å². The summed E-state index contributed by atoms with van der Waals surface area (Å²) in [5.41, 5.74) is 2.35. The Hall–Kier alpha value is -2.40. The summed E-state index contributed by atoms with van der Waals surface area (Å²) in [6, 6.07) is 10.3. The summed E-state index contributed by atoms with van der Waals surface area (Å²) in [7, 11) is 0. The molecule has 0 unspecified atom stereocenters. The number of hydrogen-bond acceptors (Lipinski definition) is 4. The summed E-state index contributed by atoms with van der Waals surface area (Å²) in [5.74, 6) is 0.987. The minimum absolute atomic E-state index is 0.294. The zero-order valence-electron chi connectivity index (χ0n) is 13.0. The topological polar surface area (TPSA) is 54.0 Å². The molecule has 2 aromatic heterocycles. The number of hydrogen-bond donors (Lipinski definition) is 1. The Labute approximate surface area is 135 Å². The number of nitrogens with zero attached hydrogens (tertiary/aromatic N) is 3. The molecule has 0 aliphatic carbocycles. The molecule has 0 amide bonds. The predicted molar refractivity (Wildman–Crippen MR) is 89.3 cm³/mol. The average molecular weight is 308 g/mol. The summed E-state index contributed by atoms with van der Waals surface area (Å²) in [4.78, 5) is 5.68. The van der Waals surface area contributed by atoms with Gasteiger partial charge in [-0.05, 0) is 42.7 Å². The molecule has 0 saturated carbocycles. The first kappa shape index (κ1) is 14.2. The lowest BCUT2D eigenvalue weighted by molar-refractivity contribution is 0.0979. The van der Waals surface area contributed by atoms with Crippen LogP contribution in [-0.4, -0.2) is 39.3 Å². The van der Waals surface area contributed by atoms with Crippen LogP contribution in [0.2, 0.25) is 0 Å². The third kappa shape index (κ3) is 3.19. The van der Waals surface area contributed by atoms with Crippen LogP contribution in [0.1, 0.15) is 18.4 Å². The lowest BCUT2D eigenvalue weighted by Gasteiger charge is -2.32. The van der Waals surface area contributed by atoms with E-state index in [1.165, 1.54) is 5.56 Å². The van der Waals surface area contributed by atoms with Gasteiger partial charge >= 0.3 is 0 Å². The van der Waals surface area contributed by atoms with Gasteiger partial charge in [-0.25, -0.2) is 0 Å². The monoisotopic (exact) mass is 308 g/mol. The fourth-order valence-electron chi connectivity index (χ4n) is 3.19. The number of aromatic amines is 1. The molecular formula is C18H20N4O. The van der Waals surface area contributed by atoms with Gasteiger partial charge in [-0.1, -0.05) is 6.07 Å². The highest BCUT2D eigenvalue weighted by atomic mass is 16.5. The Kier molecular flexibility index (Phi) is 3.94. The number of benzene rings is 1. The molecule has 23 heavy (non-hydrogen) atoms. The second-order valence-corrected chi connectivity index (χ2v) is 6.04. The fourth-order valence-corrected chi connectivity index (χ4v) is 3.19. The molecule has 1 aromatic carbocycles. The Morgan fingerprint density at radius 2 is 2.04 bits per heavy atom. The van der Waals surface area contributed by atoms with E-state index in [0.29, 0.717) is 6.10 Å². The van der Waals surface area contributed by atoms with Gasteiger partial charge in [0.1, 0.15) is 11.9 Å². The van der Waals surface area contributed by atoms with Gasteiger partial charge in [0.15, 0.2) is 0 Å². The number of rotatable bonds is 4. The van der Waals surface area contributed by atoms with Crippen LogP contribution >= 0.6 is 0 Å². The molecule has 3 aromatic rings. The quantitative estimate of drug-likeness (QED) is 0.805. The van der Waals surface area contributed by atoms with Gasteiger partial charge in [-0.3, -0.25) is 4.90 Å². The van der Waals surface area contributed by atoms with Gasteiger partial charge in [0, 0.05) is 42.9 Å². The molecule has 5 heteroatoms. The van der Waals surface area contributed by atoms with E-state index in [0.717, 1.165) is 49.1 Å². The fraction of sp³-hybridized carbons (Fsp3) is 0.333. The Bertz CT molecular complexity index is 763. The van der Waals surface area contributed by atoms with Crippen molar-refractivity contribution < 1.29 is 4.74 Å². The van der Waals surface area contributed by atoms with Crippen LogP contribution < -0.4 is 4.74 Å². The van der Waals surface area contributed by atoms with E-state index in [1.807, 2.05) is 24.5 Å². The third-order valence-corrected chi connectivity index (χ3v) is 4.43. The average Bonchev–Trinajstić information content (AvgIpc) is 3.07. The van der Waals surface area contributed by atoms with Crippen molar-refractivity contribution in [3.05, 3.63) is 54.5 Å². The van der Waals surface area contributed by atoms with Crippen LogP contribution in [0.5, 0.6) is 5.75 Å². The minimum Gasteiger partial charge on any atom is -0.490 e. The maximum Gasteiger partial charge on any atom is 0.129 e. The molecule has 118 valence electrons. The first-order valence-electron chi connectivity index (χ1n) is 8.09. The molecule has 4 rings (SSSR count). The molecule has 1 N–H and O–H groups in total. The van der Waals surface area contributed by atoms with Crippen molar-refractivity contribution >= 4 is 10.9 Å². The molecule has 3 heterocycles. The number of nitrogens with one attached hydrogen (secondary N) is 1. The molecular weight excluding hydrogens is 288 g/mol. The van der Waals surface area contributed by atoms with Crippen LogP contribution in [0, 0.1) is 0 Å². The van der Waals surface area contributed by atoms with Crippen molar-refractivity contribution in [2.24, 2.45) is 0 Å². The van der Waals surface area contributed by atoms with Crippen LogP contribution in [-0.2, 0) is 6.54 Å². The van der Waals surface area contributed by atoms with Gasteiger partial charge < -0.3 is 9.72 Å². The van der Waals surface area contributed by atoms with Crippen molar-refractivity contribution in [1.82, 2.24) is 20.1 Å². The number of likely N-dealkylation sites (tertiary alicyclic amines) is 1. The van der Waals surface area contributed by atoms with Crippen LogP contribution in [0.25, 0.3) is 10.9 Å². The van der Waals surface area contributed by atoms with Crippen molar-refractivity contribution in [2.75, 3.05) is 13.1 Å². The molecule has 0 atom stereocenters. The summed E-state index contributed by atoms with van der Waals surface area (Å²) in [6.45, 7) is 3.04. The molecule has 0 radical (unpaired) electrons. The van der Waals surface area contributed by atoms with Crippen LogP contribution in [0.4, 0.5) is 0 Å². The van der Waals surface area contributed by atoms with Crippen molar-refractivity contribution in [1.29, 1.82) is 0 Å². The predicted octanol–water partition coefficient (Wildman–Crippen LogP) is 3.00. The van der Waals surface area contributed by atoms with Gasteiger partial charge in [0.25, 0.3) is 0 Å². The number of ether oxygens (including phenoxy) is 1. The second-order valence-electron chi connectivity index (χ2n) is 6.04. The Morgan fingerprint density at radius 3 is 2.87 bits per heavy atom.